The Morgan fingerprint density at radius 1 is 1.26 bits per heavy atom. The van der Waals surface area contributed by atoms with Gasteiger partial charge >= 0.3 is 5.97 Å². The van der Waals surface area contributed by atoms with Gasteiger partial charge in [0.15, 0.2) is 5.57 Å². The Kier molecular flexibility index (Phi) is 9.70. The van der Waals surface area contributed by atoms with Crippen molar-refractivity contribution >= 4 is 34.8 Å². The summed E-state index contributed by atoms with van der Waals surface area (Å²) < 4.78 is 18.2. The summed E-state index contributed by atoms with van der Waals surface area (Å²) in [6.07, 6.45) is 2.53. The molecule has 1 aromatic carbocycles. The molecule has 0 radical (unpaired) electrons. The first-order valence-electron chi connectivity index (χ1n) is 11.4. The summed E-state index contributed by atoms with van der Waals surface area (Å²) in [4.78, 5) is 27.2. The number of nitrogens with one attached hydrogen (secondary N) is 1. The molecule has 0 spiro atoms. The van der Waals surface area contributed by atoms with Crippen molar-refractivity contribution in [3.8, 4) is 11.8 Å². The van der Waals surface area contributed by atoms with Gasteiger partial charge in [0, 0.05) is 38.1 Å². The Bertz CT molecular complexity index is 1170. The molecule has 3 rings (SSSR count). The molecule has 0 amide bonds. The van der Waals surface area contributed by atoms with Crippen molar-refractivity contribution in [3.05, 3.63) is 43.8 Å². The SMILES string of the molecule is CCOC(=O)/C(C#N)=c1\s/c(=C\Nc2ccc(OCCCN3CCOCC3)cc2)c(=O)n1CC. The highest BCUT2D eigenvalue weighted by Gasteiger charge is 2.16. The van der Waals surface area contributed by atoms with Gasteiger partial charge in [-0.05, 0) is 44.5 Å². The van der Waals surface area contributed by atoms with Gasteiger partial charge in [-0.3, -0.25) is 14.3 Å². The largest absolute Gasteiger partial charge is 0.494 e. The van der Waals surface area contributed by atoms with Crippen molar-refractivity contribution in [2.24, 2.45) is 0 Å². The van der Waals surface area contributed by atoms with Crippen molar-refractivity contribution in [3.63, 3.8) is 0 Å². The van der Waals surface area contributed by atoms with E-state index in [0.717, 1.165) is 62.0 Å². The van der Waals surface area contributed by atoms with E-state index in [1.165, 1.54) is 4.57 Å². The number of benzene rings is 1. The Hall–Kier alpha value is -3.13. The molecule has 0 unspecified atom stereocenters. The standard InChI is InChI=1S/C24H30N4O5S/c1-3-28-22(29)21(34-23(28)20(16-25)24(30)32-4-2)17-26-18-6-8-19(9-7-18)33-13-5-10-27-11-14-31-15-12-27/h6-9,17,26H,3-5,10-15H2,1-2H3/b21-17-,23-20-. The van der Waals surface area contributed by atoms with E-state index in [2.05, 4.69) is 10.2 Å². The lowest BCUT2D eigenvalue weighted by Gasteiger charge is -2.26. The second-order valence-electron chi connectivity index (χ2n) is 7.50. The zero-order chi connectivity index (χ0) is 24.3. The molecule has 34 heavy (non-hydrogen) atoms. The summed E-state index contributed by atoms with van der Waals surface area (Å²) >= 11 is 1.08. The van der Waals surface area contributed by atoms with Crippen LogP contribution in [0.5, 0.6) is 5.75 Å². The summed E-state index contributed by atoms with van der Waals surface area (Å²) in [5, 5.41) is 12.5. The van der Waals surface area contributed by atoms with E-state index in [9.17, 15) is 14.9 Å². The van der Waals surface area contributed by atoms with E-state index in [4.69, 9.17) is 14.2 Å². The molecule has 10 heteroatoms. The fourth-order valence-corrected chi connectivity index (χ4v) is 4.55. The lowest BCUT2D eigenvalue weighted by atomic mass is 10.3. The summed E-state index contributed by atoms with van der Waals surface area (Å²) in [7, 11) is 0. The second-order valence-corrected chi connectivity index (χ2v) is 8.53. The van der Waals surface area contributed by atoms with Crippen molar-refractivity contribution < 1.29 is 19.0 Å². The van der Waals surface area contributed by atoms with Crippen LogP contribution in [-0.2, 0) is 20.8 Å². The lowest BCUT2D eigenvalue weighted by Crippen LogP contribution is -2.37. The number of rotatable bonds is 10. The smallest absolute Gasteiger partial charge is 0.351 e. The average molecular weight is 487 g/mol. The molecule has 0 saturated carbocycles. The highest BCUT2D eigenvalue weighted by molar-refractivity contribution is 7.07. The number of thiazole rings is 1. The number of nitrogens with zero attached hydrogens (tertiary/aromatic N) is 3. The maximum absolute atomic E-state index is 12.8. The number of ether oxygens (including phenoxy) is 3. The Balaban J connectivity index is 1.65. The molecule has 0 atom stereocenters. The zero-order valence-electron chi connectivity index (χ0n) is 19.5. The number of nitriles is 1. The van der Waals surface area contributed by atoms with Crippen LogP contribution < -0.4 is 24.8 Å². The topological polar surface area (TPSA) is 106 Å². The minimum absolute atomic E-state index is 0.153. The molecule has 1 aromatic heterocycles. The molecule has 0 aliphatic carbocycles. The zero-order valence-corrected chi connectivity index (χ0v) is 20.4. The van der Waals surface area contributed by atoms with Crippen molar-refractivity contribution in [2.45, 2.75) is 26.8 Å². The van der Waals surface area contributed by atoms with Crippen molar-refractivity contribution in [2.75, 3.05) is 51.4 Å². The molecule has 1 N–H and O–H groups in total. The third kappa shape index (κ3) is 6.70. The van der Waals surface area contributed by atoms with E-state index in [1.807, 2.05) is 30.3 Å². The quantitative estimate of drug-likeness (QED) is 0.393. The van der Waals surface area contributed by atoms with Crippen LogP contribution in [0.15, 0.2) is 29.1 Å². The van der Waals surface area contributed by atoms with Gasteiger partial charge < -0.3 is 19.5 Å². The van der Waals surface area contributed by atoms with E-state index < -0.39 is 5.97 Å². The van der Waals surface area contributed by atoms with E-state index in [-0.39, 0.29) is 17.7 Å². The van der Waals surface area contributed by atoms with Gasteiger partial charge in [0.2, 0.25) is 0 Å². The Morgan fingerprint density at radius 3 is 2.65 bits per heavy atom. The molecular formula is C24H30N4O5S. The molecule has 2 aromatic rings. The monoisotopic (exact) mass is 486 g/mol. The first kappa shape index (κ1) is 25.5. The number of aromatic nitrogens is 1. The number of esters is 1. The Morgan fingerprint density at radius 2 is 2.00 bits per heavy atom. The molecule has 0 bridgehead atoms. The number of carbonyl (C=O) groups excluding carboxylic acids is 1. The van der Waals surface area contributed by atoms with Crippen LogP contribution in [0, 0.1) is 11.3 Å². The van der Waals surface area contributed by atoms with Crippen LogP contribution in [0.4, 0.5) is 5.69 Å². The first-order chi connectivity index (χ1) is 16.6. The van der Waals surface area contributed by atoms with Gasteiger partial charge in [-0.2, -0.15) is 5.26 Å². The van der Waals surface area contributed by atoms with Gasteiger partial charge in [0.25, 0.3) is 5.56 Å². The Labute approximate surface area is 202 Å². The fraction of sp³-hybridized carbons (Fsp3) is 0.458. The van der Waals surface area contributed by atoms with E-state index in [1.54, 1.807) is 20.0 Å². The van der Waals surface area contributed by atoms with Crippen molar-refractivity contribution in [1.29, 1.82) is 5.26 Å². The minimum atomic E-state index is -0.728. The third-order valence-electron chi connectivity index (χ3n) is 5.24. The summed E-state index contributed by atoms with van der Waals surface area (Å²) in [5.41, 5.74) is 0.348. The predicted molar refractivity (Wildman–Crippen MR) is 131 cm³/mol. The predicted octanol–water partition coefficient (Wildman–Crippen LogP) is 1.12. The maximum Gasteiger partial charge on any atom is 0.351 e. The number of carbonyl (C=O) groups is 1. The van der Waals surface area contributed by atoms with Crippen molar-refractivity contribution in [1.82, 2.24) is 9.47 Å². The van der Waals surface area contributed by atoms with Crippen LogP contribution in [0.1, 0.15) is 20.3 Å². The molecule has 1 aliphatic heterocycles. The number of hydrogen-bond acceptors (Lipinski definition) is 9. The number of morpholine rings is 1. The lowest BCUT2D eigenvalue weighted by molar-refractivity contribution is -0.136. The molecule has 9 nitrogen and oxygen atoms in total. The molecule has 2 heterocycles. The fourth-order valence-electron chi connectivity index (χ4n) is 3.48. The molecular weight excluding hydrogens is 456 g/mol. The minimum Gasteiger partial charge on any atom is -0.494 e. The number of anilines is 1. The van der Waals surface area contributed by atoms with Crippen LogP contribution in [0.25, 0.3) is 11.8 Å². The summed E-state index contributed by atoms with van der Waals surface area (Å²) in [6, 6.07) is 9.35. The van der Waals surface area contributed by atoms with E-state index in [0.29, 0.717) is 22.3 Å². The van der Waals surface area contributed by atoms with Gasteiger partial charge in [0.1, 0.15) is 21.0 Å². The third-order valence-corrected chi connectivity index (χ3v) is 6.37. The highest BCUT2D eigenvalue weighted by Crippen LogP contribution is 2.16. The average Bonchev–Trinajstić information content (AvgIpc) is 3.17. The van der Waals surface area contributed by atoms with Crippen LogP contribution >= 0.6 is 11.3 Å². The highest BCUT2D eigenvalue weighted by atomic mass is 32.1. The van der Waals surface area contributed by atoms with Gasteiger partial charge in [-0.1, -0.05) is 0 Å². The molecule has 1 fully saturated rings. The maximum atomic E-state index is 12.8. The molecule has 1 aliphatic rings. The molecule has 182 valence electrons. The van der Waals surface area contributed by atoms with Gasteiger partial charge in [-0.25, -0.2) is 4.79 Å². The van der Waals surface area contributed by atoms with E-state index >= 15 is 0 Å². The van der Waals surface area contributed by atoms with Crippen LogP contribution in [0.3, 0.4) is 0 Å². The van der Waals surface area contributed by atoms with Crippen LogP contribution in [0.2, 0.25) is 0 Å². The normalized spacial score (nSPS) is 15.5. The van der Waals surface area contributed by atoms with Crippen LogP contribution in [-0.4, -0.2) is 61.5 Å². The second kappa shape index (κ2) is 12.9. The summed E-state index contributed by atoms with van der Waals surface area (Å²) in [6.45, 7) is 9.13. The van der Waals surface area contributed by atoms with Gasteiger partial charge in [-0.15, -0.1) is 11.3 Å². The summed E-state index contributed by atoms with van der Waals surface area (Å²) in [5.74, 6) is 0.0514. The molecule has 1 saturated heterocycles. The van der Waals surface area contributed by atoms with Gasteiger partial charge in [0.05, 0.1) is 26.4 Å². The first-order valence-corrected chi connectivity index (χ1v) is 12.2. The number of hydrogen-bond donors (Lipinski definition) is 1.